The largest absolute Gasteiger partial charge is 0.481 e. The molecule has 1 aliphatic carbocycles. The van der Waals surface area contributed by atoms with Crippen LogP contribution in [0.4, 0.5) is 8.78 Å². The maximum Gasteiger partial charge on any atom is 0.303 e. The standard InChI is InChI=1S/C14H16F2O2/c15-13(16)7-10-3-1-2-4-11(10)12(8-14(17)18)9-5-6-9/h1-4,9,12-13H,5-8H2,(H,17,18). The number of carboxylic acids is 1. The van der Waals surface area contributed by atoms with Crippen molar-refractivity contribution in [3.63, 3.8) is 0 Å². The van der Waals surface area contributed by atoms with Gasteiger partial charge in [-0.05, 0) is 35.8 Å². The Morgan fingerprint density at radius 1 is 1.33 bits per heavy atom. The van der Waals surface area contributed by atoms with Crippen molar-refractivity contribution >= 4 is 5.97 Å². The fraction of sp³-hybridized carbons (Fsp3) is 0.500. The third kappa shape index (κ3) is 3.28. The molecule has 1 unspecified atom stereocenters. The molecule has 1 fully saturated rings. The molecule has 0 heterocycles. The summed E-state index contributed by atoms with van der Waals surface area (Å²) in [6.07, 6.45) is -0.651. The Morgan fingerprint density at radius 2 is 2.00 bits per heavy atom. The minimum absolute atomic E-state index is 0.0327. The van der Waals surface area contributed by atoms with Gasteiger partial charge >= 0.3 is 5.97 Å². The van der Waals surface area contributed by atoms with Gasteiger partial charge in [0.05, 0.1) is 6.42 Å². The number of hydrogen-bond acceptors (Lipinski definition) is 1. The average Bonchev–Trinajstić information content (AvgIpc) is 3.09. The van der Waals surface area contributed by atoms with Crippen LogP contribution in [0.5, 0.6) is 0 Å². The van der Waals surface area contributed by atoms with E-state index in [-0.39, 0.29) is 18.8 Å². The van der Waals surface area contributed by atoms with Crippen molar-refractivity contribution in [1.82, 2.24) is 0 Å². The zero-order valence-electron chi connectivity index (χ0n) is 9.98. The summed E-state index contributed by atoms with van der Waals surface area (Å²) in [5.74, 6) is -0.629. The number of halogens is 2. The lowest BCUT2D eigenvalue weighted by Gasteiger charge is -2.18. The maximum absolute atomic E-state index is 12.5. The number of aliphatic carboxylic acids is 1. The highest BCUT2D eigenvalue weighted by molar-refractivity contribution is 5.68. The van der Waals surface area contributed by atoms with Crippen molar-refractivity contribution in [1.29, 1.82) is 0 Å². The highest BCUT2D eigenvalue weighted by atomic mass is 19.3. The van der Waals surface area contributed by atoms with Crippen LogP contribution in [0, 0.1) is 5.92 Å². The lowest BCUT2D eigenvalue weighted by atomic mass is 9.87. The molecular formula is C14H16F2O2. The minimum Gasteiger partial charge on any atom is -0.481 e. The van der Waals surface area contributed by atoms with Gasteiger partial charge in [-0.25, -0.2) is 8.78 Å². The fourth-order valence-corrected chi connectivity index (χ4v) is 2.47. The highest BCUT2D eigenvalue weighted by Crippen LogP contribution is 2.45. The predicted octanol–water partition coefficient (Wildman–Crippen LogP) is 3.46. The fourth-order valence-electron chi connectivity index (χ4n) is 2.47. The van der Waals surface area contributed by atoms with Crippen LogP contribution in [0.15, 0.2) is 24.3 Å². The lowest BCUT2D eigenvalue weighted by molar-refractivity contribution is -0.137. The zero-order valence-corrected chi connectivity index (χ0v) is 9.98. The quantitative estimate of drug-likeness (QED) is 0.844. The third-order valence-electron chi connectivity index (χ3n) is 3.41. The summed E-state index contributed by atoms with van der Waals surface area (Å²) in [6.45, 7) is 0. The molecule has 4 heteroatoms. The molecule has 0 amide bonds. The molecule has 1 N–H and O–H groups in total. The Kier molecular flexibility index (Phi) is 3.94. The maximum atomic E-state index is 12.5. The van der Waals surface area contributed by atoms with E-state index in [0.717, 1.165) is 18.4 Å². The van der Waals surface area contributed by atoms with E-state index in [1.165, 1.54) is 0 Å². The van der Waals surface area contributed by atoms with E-state index < -0.39 is 12.4 Å². The van der Waals surface area contributed by atoms with E-state index in [0.29, 0.717) is 11.5 Å². The molecule has 1 saturated carbocycles. The Balaban J connectivity index is 2.25. The first kappa shape index (κ1) is 13.0. The number of alkyl halides is 2. The normalized spacial score (nSPS) is 16.8. The molecule has 2 rings (SSSR count). The van der Waals surface area contributed by atoms with Gasteiger partial charge in [-0.3, -0.25) is 4.79 Å². The van der Waals surface area contributed by atoms with Gasteiger partial charge in [-0.1, -0.05) is 24.3 Å². The van der Waals surface area contributed by atoms with Crippen LogP contribution in [0.1, 0.15) is 36.3 Å². The Labute approximate surface area is 105 Å². The Hall–Kier alpha value is -1.45. The molecule has 0 radical (unpaired) electrons. The average molecular weight is 254 g/mol. The molecule has 0 aliphatic heterocycles. The highest BCUT2D eigenvalue weighted by Gasteiger charge is 2.34. The molecule has 18 heavy (non-hydrogen) atoms. The molecule has 1 atom stereocenters. The van der Waals surface area contributed by atoms with E-state index in [2.05, 4.69) is 0 Å². The van der Waals surface area contributed by atoms with Crippen LogP contribution in [0.25, 0.3) is 0 Å². The monoisotopic (exact) mass is 254 g/mol. The number of carbonyl (C=O) groups is 1. The van der Waals surface area contributed by atoms with Crippen molar-refractivity contribution in [2.24, 2.45) is 5.92 Å². The van der Waals surface area contributed by atoms with E-state index in [1.807, 2.05) is 0 Å². The molecule has 98 valence electrons. The predicted molar refractivity (Wildman–Crippen MR) is 63.9 cm³/mol. The Bertz CT molecular complexity index is 428. The smallest absolute Gasteiger partial charge is 0.303 e. The van der Waals surface area contributed by atoms with Gasteiger partial charge < -0.3 is 5.11 Å². The van der Waals surface area contributed by atoms with Crippen LogP contribution in [0.2, 0.25) is 0 Å². The first-order valence-electron chi connectivity index (χ1n) is 6.15. The summed E-state index contributed by atoms with van der Waals surface area (Å²) in [7, 11) is 0. The summed E-state index contributed by atoms with van der Waals surface area (Å²) >= 11 is 0. The van der Waals surface area contributed by atoms with Crippen LogP contribution in [0.3, 0.4) is 0 Å². The second-order valence-corrected chi connectivity index (χ2v) is 4.84. The van der Waals surface area contributed by atoms with Gasteiger partial charge in [0.15, 0.2) is 0 Å². The molecule has 1 aliphatic rings. The minimum atomic E-state index is -2.39. The SMILES string of the molecule is O=C(O)CC(c1ccccc1CC(F)F)C1CC1. The van der Waals surface area contributed by atoms with Gasteiger partial charge in [0.25, 0.3) is 0 Å². The number of benzene rings is 1. The molecule has 1 aromatic carbocycles. The number of rotatable bonds is 6. The molecule has 0 aromatic heterocycles. The third-order valence-corrected chi connectivity index (χ3v) is 3.41. The molecule has 0 spiro atoms. The van der Waals surface area contributed by atoms with Crippen molar-refractivity contribution in [3.8, 4) is 0 Å². The summed E-state index contributed by atoms with van der Waals surface area (Å²) in [4.78, 5) is 10.9. The second kappa shape index (κ2) is 5.46. The van der Waals surface area contributed by atoms with Crippen molar-refractivity contribution in [2.75, 3.05) is 0 Å². The molecule has 1 aromatic rings. The first-order valence-corrected chi connectivity index (χ1v) is 6.15. The summed E-state index contributed by atoms with van der Waals surface area (Å²) in [5.41, 5.74) is 1.38. The molecule has 0 bridgehead atoms. The summed E-state index contributed by atoms with van der Waals surface area (Å²) in [5, 5.41) is 8.95. The zero-order chi connectivity index (χ0) is 13.1. The van der Waals surface area contributed by atoms with Crippen LogP contribution in [-0.4, -0.2) is 17.5 Å². The van der Waals surface area contributed by atoms with Crippen molar-refractivity contribution in [2.45, 2.75) is 38.0 Å². The van der Waals surface area contributed by atoms with Crippen LogP contribution in [-0.2, 0) is 11.2 Å². The van der Waals surface area contributed by atoms with Crippen molar-refractivity contribution < 1.29 is 18.7 Å². The number of hydrogen-bond donors (Lipinski definition) is 1. The first-order chi connectivity index (χ1) is 8.58. The van der Waals surface area contributed by atoms with E-state index in [9.17, 15) is 13.6 Å². The van der Waals surface area contributed by atoms with Gasteiger partial charge in [0, 0.05) is 6.42 Å². The van der Waals surface area contributed by atoms with Gasteiger partial charge in [0.1, 0.15) is 0 Å². The van der Waals surface area contributed by atoms with Crippen LogP contribution >= 0.6 is 0 Å². The summed E-state index contributed by atoms with van der Waals surface area (Å²) < 4.78 is 25.1. The molecule has 0 saturated heterocycles. The second-order valence-electron chi connectivity index (χ2n) is 4.84. The van der Waals surface area contributed by atoms with E-state index >= 15 is 0 Å². The van der Waals surface area contributed by atoms with Gasteiger partial charge in [0.2, 0.25) is 6.43 Å². The Morgan fingerprint density at radius 3 is 2.56 bits per heavy atom. The van der Waals surface area contributed by atoms with E-state index in [4.69, 9.17) is 5.11 Å². The topological polar surface area (TPSA) is 37.3 Å². The molecular weight excluding hydrogens is 238 g/mol. The summed E-state index contributed by atoms with van der Waals surface area (Å²) in [6, 6.07) is 7.00. The van der Waals surface area contributed by atoms with E-state index in [1.54, 1.807) is 24.3 Å². The van der Waals surface area contributed by atoms with Crippen molar-refractivity contribution in [3.05, 3.63) is 35.4 Å². The lowest BCUT2D eigenvalue weighted by Crippen LogP contribution is -2.12. The molecule has 2 nitrogen and oxygen atoms in total. The van der Waals surface area contributed by atoms with Gasteiger partial charge in [-0.15, -0.1) is 0 Å². The van der Waals surface area contributed by atoms with Crippen LogP contribution < -0.4 is 0 Å². The van der Waals surface area contributed by atoms with Gasteiger partial charge in [-0.2, -0.15) is 0 Å². The number of carboxylic acid groups (broad SMARTS) is 1.